The van der Waals surface area contributed by atoms with Gasteiger partial charge in [-0.1, -0.05) is 5.16 Å². The molecule has 0 amide bonds. The highest BCUT2D eigenvalue weighted by molar-refractivity contribution is 7.18. The number of aryl methyl sites for hydroxylation is 4. The van der Waals surface area contributed by atoms with E-state index in [1.54, 1.807) is 20.8 Å². The molecule has 3 rings (SSSR count). The highest BCUT2D eigenvalue weighted by atomic mass is 32.1. The van der Waals surface area contributed by atoms with E-state index in [2.05, 4.69) is 15.1 Å². The van der Waals surface area contributed by atoms with Crippen molar-refractivity contribution in [1.82, 2.24) is 15.1 Å². The van der Waals surface area contributed by atoms with Crippen molar-refractivity contribution in [1.29, 1.82) is 0 Å². The second-order valence-electron chi connectivity index (χ2n) is 5.66. The Bertz CT molecular complexity index is 979. The number of nitrogens with zero attached hydrogens (tertiary/aromatic N) is 2. The first-order valence-electron chi connectivity index (χ1n) is 7.43. The van der Waals surface area contributed by atoms with Crippen LogP contribution in [0.25, 0.3) is 10.2 Å². The molecule has 126 valence electrons. The van der Waals surface area contributed by atoms with E-state index in [0.717, 1.165) is 10.4 Å². The molecule has 0 saturated heterocycles. The number of aromatic amines is 1. The number of thiophene rings is 1. The van der Waals surface area contributed by atoms with Gasteiger partial charge in [0.05, 0.1) is 11.1 Å². The third kappa shape index (κ3) is 2.62. The number of H-pyrrole nitrogens is 1. The van der Waals surface area contributed by atoms with E-state index in [0.29, 0.717) is 33.1 Å². The molecule has 24 heavy (non-hydrogen) atoms. The van der Waals surface area contributed by atoms with E-state index in [1.165, 1.54) is 11.3 Å². The van der Waals surface area contributed by atoms with Crippen molar-refractivity contribution < 1.29 is 14.1 Å². The average Bonchev–Trinajstić information content (AvgIpc) is 2.99. The minimum absolute atomic E-state index is 0.225. The topological polar surface area (TPSA) is 98.1 Å². The lowest BCUT2D eigenvalue weighted by Crippen LogP contribution is -2.17. The van der Waals surface area contributed by atoms with Crippen molar-refractivity contribution in [2.24, 2.45) is 0 Å². The summed E-state index contributed by atoms with van der Waals surface area (Å²) in [6.07, 6.45) is -0.703. The van der Waals surface area contributed by atoms with Gasteiger partial charge >= 0.3 is 5.97 Å². The van der Waals surface area contributed by atoms with E-state index in [1.807, 2.05) is 13.8 Å². The predicted molar refractivity (Wildman–Crippen MR) is 89.5 cm³/mol. The number of aromatic nitrogens is 3. The van der Waals surface area contributed by atoms with E-state index in [9.17, 15) is 9.59 Å². The zero-order valence-electron chi connectivity index (χ0n) is 14.0. The summed E-state index contributed by atoms with van der Waals surface area (Å²) in [6.45, 7) is 8.81. The fourth-order valence-electron chi connectivity index (χ4n) is 2.51. The smallest absolute Gasteiger partial charge is 0.344 e. The van der Waals surface area contributed by atoms with Crippen LogP contribution < -0.4 is 5.56 Å². The van der Waals surface area contributed by atoms with E-state index in [4.69, 9.17) is 9.26 Å². The quantitative estimate of drug-likeness (QED) is 0.731. The Labute approximate surface area is 141 Å². The van der Waals surface area contributed by atoms with Gasteiger partial charge in [-0.15, -0.1) is 11.3 Å². The van der Waals surface area contributed by atoms with Gasteiger partial charge in [-0.3, -0.25) is 4.79 Å². The molecule has 0 aliphatic rings. The lowest BCUT2D eigenvalue weighted by Gasteiger charge is -2.12. The lowest BCUT2D eigenvalue weighted by atomic mass is 10.2. The number of esters is 1. The molecule has 3 aromatic rings. The van der Waals surface area contributed by atoms with Crippen molar-refractivity contribution >= 4 is 27.5 Å². The third-order valence-electron chi connectivity index (χ3n) is 3.96. The summed E-state index contributed by atoms with van der Waals surface area (Å²) in [5.74, 6) is 0.153. The van der Waals surface area contributed by atoms with E-state index in [-0.39, 0.29) is 5.56 Å². The molecule has 1 atom stereocenters. The van der Waals surface area contributed by atoms with Crippen LogP contribution >= 0.6 is 11.3 Å². The van der Waals surface area contributed by atoms with E-state index < -0.39 is 12.1 Å². The summed E-state index contributed by atoms with van der Waals surface area (Å²) < 4.78 is 10.4. The zero-order valence-corrected chi connectivity index (χ0v) is 14.8. The van der Waals surface area contributed by atoms with Gasteiger partial charge in [-0.05, 0) is 40.2 Å². The number of hydrogen-bond donors (Lipinski definition) is 1. The highest BCUT2D eigenvalue weighted by Crippen LogP contribution is 2.27. The molecular weight excluding hydrogens is 330 g/mol. The second-order valence-corrected chi connectivity index (χ2v) is 6.86. The maximum absolute atomic E-state index is 12.3. The summed E-state index contributed by atoms with van der Waals surface area (Å²) in [7, 11) is 0. The van der Waals surface area contributed by atoms with Gasteiger partial charge in [0.15, 0.2) is 11.9 Å². The maximum Gasteiger partial charge on any atom is 0.344 e. The van der Waals surface area contributed by atoms with Gasteiger partial charge < -0.3 is 14.2 Å². The number of hydrogen-bond acceptors (Lipinski definition) is 7. The van der Waals surface area contributed by atoms with Crippen LogP contribution in [0.2, 0.25) is 0 Å². The molecule has 0 saturated carbocycles. The van der Waals surface area contributed by atoms with Gasteiger partial charge in [0.2, 0.25) is 0 Å². The molecule has 0 aromatic carbocycles. The first-order chi connectivity index (χ1) is 11.3. The summed E-state index contributed by atoms with van der Waals surface area (Å²) in [5.41, 5.74) is 1.46. The van der Waals surface area contributed by atoms with Crippen molar-refractivity contribution in [3.05, 3.63) is 43.6 Å². The summed E-state index contributed by atoms with van der Waals surface area (Å²) >= 11 is 1.45. The van der Waals surface area contributed by atoms with E-state index >= 15 is 0 Å². The first-order valence-corrected chi connectivity index (χ1v) is 8.25. The number of nitrogens with one attached hydrogen (secondary N) is 1. The fourth-order valence-corrected chi connectivity index (χ4v) is 3.55. The van der Waals surface area contributed by atoms with Crippen molar-refractivity contribution in [3.8, 4) is 0 Å². The van der Waals surface area contributed by atoms with Crippen molar-refractivity contribution in [2.75, 3.05) is 0 Å². The predicted octanol–water partition coefficient (Wildman–Crippen LogP) is 3.12. The Morgan fingerprint density at radius 3 is 2.62 bits per heavy atom. The molecule has 0 unspecified atom stereocenters. The summed E-state index contributed by atoms with van der Waals surface area (Å²) in [4.78, 5) is 33.4. The highest BCUT2D eigenvalue weighted by Gasteiger charge is 2.23. The number of rotatable bonds is 3. The fraction of sp³-hybridized carbons (Fsp3) is 0.375. The van der Waals surface area contributed by atoms with Crippen LogP contribution in [0.4, 0.5) is 0 Å². The minimum atomic E-state index is -0.703. The third-order valence-corrected chi connectivity index (χ3v) is 5.06. The Balaban J connectivity index is 1.93. The monoisotopic (exact) mass is 347 g/mol. The van der Waals surface area contributed by atoms with Crippen LogP contribution in [-0.2, 0) is 4.74 Å². The van der Waals surface area contributed by atoms with Crippen LogP contribution in [0.3, 0.4) is 0 Å². The van der Waals surface area contributed by atoms with Crippen LogP contribution in [-0.4, -0.2) is 21.1 Å². The molecular formula is C16H17N3O4S. The lowest BCUT2D eigenvalue weighted by molar-refractivity contribution is 0.0317. The Hall–Kier alpha value is -2.48. The number of carbonyl (C=O) groups is 1. The number of fused-ring (bicyclic) bond motifs is 1. The Morgan fingerprint density at radius 2 is 2.00 bits per heavy atom. The van der Waals surface area contributed by atoms with Crippen LogP contribution in [0.15, 0.2) is 9.32 Å². The molecule has 0 aliphatic carbocycles. The molecule has 0 bridgehead atoms. The molecule has 8 heteroatoms. The molecule has 3 heterocycles. The maximum atomic E-state index is 12.3. The number of carbonyl (C=O) groups excluding carboxylic acids is 1. The molecule has 3 aromatic heterocycles. The first kappa shape index (κ1) is 16.4. The molecule has 0 spiro atoms. The SMILES string of the molecule is Cc1noc(C)c1C(=O)O[C@@H](C)c1nc2sc(C)c(C)c2c(=O)[nH]1. The molecule has 0 radical (unpaired) electrons. The normalized spacial score (nSPS) is 12.5. The van der Waals surface area contributed by atoms with Gasteiger partial charge in [0.25, 0.3) is 5.56 Å². The zero-order chi connectivity index (χ0) is 17.6. The van der Waals surface area contributed by atoms with Crippen LogP contribution in [0.1, 0.15) is 51.1 Å². The van der Waals surface area contributed by atoms with Crippen LogP contribution in [0, 0.1) is 27.7 Å². The molecule has 1 N–H and O–H groups in total. The minimum Gasteiger partial charge on any atom is -0.451 e. The van der Waals surface area contributed by atoms with Gasteiger partial charge in [0, 0.05) is 4.88 Å². The van der Waals surface area contributed by atoms with Crippen molar-refractivity contribution in [3.63, 3.8) is 0 Å². The Morgan fingerprint density at radius 1 is 1.29 bits per heavy atom. The van der Waals surface area contributed by atoms with Gasteiger partial charge in [-0.2, -0.15) is 0 Å². The standard InChI is InChI=1S/C16H17N3O4S/c1-6-10(5)24-15-11(6)14(20)17-13(18-15)9(4)22-16(21)12-7(2)19-23-8(12)3/h9H,1-5H3,(H,17,18,20)/t9-/m0/s1. The van der Waals surface area contributed by atoms with Gasteiger partial charge in [0.1, 0.15) is 16.2 Å². The molecule has 0 fully saturated rings. The van der Waals surface area contributed by atoms with Crippen LogP contribution in [0.5, 0.6) is 0 Å². The number of ether oxygens (including phenoxy) is 1. The second kappa shape index (κ2) is 5.86. The summed E-state index contributed by atoms with van der Waals surface area (Å²) in [5, 5.41) is 4.33. The Kier molecular flexibility index (Phi) is 4.00. The van der Waals surface area contributed by atoms with Crippen molar-refractivity contribution in [2.45, 2.75) is 40.7 Å². The molecule has 0 aliphatic heterocycles. The average molecular weight is 347 g/mol. The summed E-state index contributed by atoms with van der Waals surface area (Å²) in [6, 6.07) is 0. The molecule has 7 nitrogen and oxygen atoms in total. The van der Waals surface area contributed by atoms with Gasteiger partial charge in [-0.25, -0.2) is 9.78 Å². The largest absolute Gasteiger partial charge is 0.451 e.